The lowest BCUT2D eigenvalue weighted by Gasteiger charge is -2.11. The molecule has 1 aromatic heterocycles. The van der Waals surface area contributed by atoms with E-state index >= 15 is 0 Å². The highest BCUT2D eigenvalue weighted by atomic mass is 35.5. The van der Waals surface area contributed by atoms with Gasteiger partial charge in [-0.25, -0.2) is 15.0 Å². The maximum Gasteiger partial charge on any atom is 0.341 e. The van der Waals surface area contributed by atoms with Gasteiger partial charge in [-0.05, 0) is 41.3 Å². The van der Waals surface area contributed by atoms with Gasteiger partial charge in [0.05, 0.1) is 30.4 Å². The van der Waals surface area contributed by atoms with Crippen LogP contribution >= 0.6 is 11.6 Å². The molecule has 32 heavy (non-hydrogen) atoms. The molecule has 0 radical (unpaired) electrons. The Balaban J connectivity index is 1.77. The van der Waals surface area contributed by atoms with Gasteiger partial charge < -0.3 is 10.1 Å². The van der Waals surface area contributed by atoms with Crippen LogP contribution in [0.3, 0.4) is 0 Å². The van der Waals surface area contributed by atoms with Gasteiger partial charge in [-0.3, -0.25) is 0 Å². The van der Waals surface area contributed by atoms with Crippen LogP contribution in [0, 0.1) is 11.4 Å². The van der Waals surface area contributed by atoms with Crippen molar-refractivity contribution in [2.24, 2.45) is 11.0 Å². The summed E-state index contributed by atoms with van der Waals surface area (Å²) in [6.45, 7) is 0. The van der Waals surface area contributed by atoms with E-state index in [4.69, 9.17) is 21.9 Å². The molecule has 8 heteroatoms. The predicted molar refractivity (Wildman–Crippen MR) is 123 cm³/mol. The van der Waals surface area contributed by atoms with Gasteiger partial charge in [0.15, 0.2) is 0 Å². The van der Waals surface area contributed by atoms with E-state index in [2.05, 4.69) is 21.6 Å². The van der Waals surface area contributed by atoms with Crippen molar-refractivity contribution in [2.75, 3.05) is 14.2 Å². The molecule has 2 aromatic carbocycles. The zero-order chi connectivity index (χ0) is 22.7. The van der Waals surface area contributed by atoms with E-state index in [0.29, 0.717) is 17.1 Å². The molecule has 1 saturated carbocycles. The minimum absolute atomic E-state index is 0.0172. The Morgan fingerprint density at radius 3 is 2.75 bits per heavy atom. The van der Waals surface area contributed by atoms with Crippen molar-refractivity contribution in [3.63, 3.8) is 0 Å². The van der Waals surface area contributed by atoms with E-state index < -0.39 is 5.97 Å². The van der Waals surface area contributed by atoms with Gasteiger partial charge >= 0.3 is 5.97 Å². The van der Waals surface area contributed by atoms with Gasteiger partial charge in [-0.15, -0.1) is 11.6 Å². The summed E-state index contributed by atoms with van der Waals surface area (Å²) >= 11 is 6.01. The molecule has 0 saturated heterocycles. The molecule has 3 aromatic rings. The van der Waals surface area contributed by atoms with E-state index in [1.165, 1.54) is 7.11 Å². The molecule has 7 nitrogen and oxygen atoms in total. The van der Waals surface area contributed by atoms with Gasteiger partial charge in [-0.2, -0.15) is 10.2 Å². The number of nitrogens with one attached hydrogen (secondary N) is 2. The van der Waals surface area contributed by atoms with E-state index in [1.807, 2.05) is 42.5 Å². The second-order valence-corrected chi connectivity index (χ2v) is 7.92. The third-order valence-electron chi connectivity index (χ3n) is 5.66. The molecule has 4 rings (SSSR count). The number of esters is 1. The lowest BCUT2D eigenvalue weighted by Crippen LogP contribution is -2.08. The number of methoxy groups -OCH3 is 1. The molecule has 2 atom stereocenters. The van der Waals surface area contributed by atoms with Gasteiger partial charge in [0.2, 0.25) is 0 Å². The van der Waals surface area contributed by atoms with Crippen molar-refractivity contribution < 1.29 is 9.53 Å². The van der Waals surface area contributed by atoms with Crippen LogP contribution < -0.4 is 5.32 Å². The monoisotopic (exact) mass is 449 g/mol. The highest BCUT2D eigenvalue weighted by Crippen LogP contribution is 2.53. The third kappa shape index (κ3) is 4.16. The molecule has 0 bridgehead atoms. The normalized spacial score (nSPS) is 17.7. The summed E-state index contributed by atoms with van der Waals surface area (Å²) in [7, 11) is 3.14. The van der Waals surface area contributed by atoms with Crippen LogP contribution in [0.25, 0.3) is 16.8 Å². The number of alkyl halides is 1. The lowest BCUT2D eigenvalue weighted by atomic mass is 10.0. The number of carbonyl (C=O) groups excluding carboxylic acids is 1. The molecule has 1 heterocycles. The largest absolute Gasteiger partial charge is 0.465 e. The Hall–Kier alpha value is -3.45. The number of nitrogens with zero attached hydrogens (tertiary/aromatic N) is 3. The molecule has 1 aliphatic carbocycles. The first-order valence-electron chi connectivity index (χ1n) is 10.3. The fourth-order valence-electron chi connectivity index (χ4n) is 4.03. The number of hydrogen-bond acceptors (Lipinski definition) is 6. The predicted octanol–water partition coefficient (Wildman–Crippen LogP) is 5.26. The molecule has 1 fully saturated rings. The zero-order valence-electron chi connectivity index (χ0n) is 17.9. The summed E-state index contributed by atoms with van der Waals surface area (Å²) in [5.74, 6) is 0.0853. The molecule has 0 spiro atoms. The van der Waals surface area contributed by atoms with Crippen LogP contribution in [-0.2, 0) is 10.6 Å². The maximum absolute atomic E-state index is 12.5. The molecule has 0 amide bonds. The molecule has 0 unspecified atom stereocenters. The molecule has 2 N–H and O–H groups in total. The summed E-state index contributed by atoms with van der Waals surface area (Å²) in [5, 5.41) is 11.1. The average Bonchev–Trinajstić information content (AvgIpc) is 3.50. The summed E-state index contributed by atoms with van der Waals surface area (Å²) in [5.41, 5.74) is 13.3. The Morgan fingerprint density at radius 1 is 1.31 bits per heavy atom. The zero-order valence-corrected chi connectivity index (χ0v) is 18.6. The minimum atomic E-state index is -0.426. The van der Waals surface area contributed by atoms with Crippen molar-refractivity contribution in [1.82, 2.24) is 15.1 Å². The summed E-state index contributed by atoms with van der Waals surface area (Å²) in [6.07, 6.45) is 4.06. The summed E-state index contributed by atoms with van der Waals surface area (Å²) < 4.78 is 6.80. The van der Waals surface area contributed by atoms with Crippen LogP contribution in [0.2, 0.25) is 0 Å². The Bertz CT molecular complexity index is 1190. The first-order valence-corrected chi connectivity index (χ1v) is 10.8. The number of hydrogen-bond donors (Lipinski definition) is 2. The van der Waals surface area contributed by atoms with Crippen LogP contribution in [0.5, 0.6) is 0 Å². The Kier molecular flexibility index (Phi) is 6.37. The number of halogens is 1. The number of allylic oxidation sites excluding steroid dienone is 1. The molecule has 0 aliphatic heterocycles. The number of carbonyl (C=O) groups is 1. The van der Waals surface area contributed by atoms with Crippen LogP contribution in [0.15, 0.2) is 71.7 Å². The average molecular weight is 450 g/mol. The van der Waals surface area contributed by atoms with Gasteiger partial charge in [-0.1, -0.05) is 30.3 Å². The highest BCUT2D eigenvalue weighted by molar-refractivity contribution is 6.17. The SMILES string of the molecule is CN/C=C(\N=N)[C@@H]1C[C@H]1c1c(C(=O)OC)cnn1-c1cccc(-c2cccc(CCl)c2)c1. The van der Waals surface area contributed by atoms with Crippen LogP contribution in [0.4, 0.5) is 0 Å². The quantitative estimate of drug-likeness (QED) is 0.278. The number of benzene rings is 2. The fourth-order valence-corrected chi connectivity index (χ4v) is 4.20. The Labute approximate surface area is 191 Å². The molecular formula is C24H24ClN5O2. The van der Waals surface area contributed by atoms with Gasteiger partial charge in [0.25, 0.3) is 0 Å². The van der Waals surface area contributed by atoms with Crippen molar-refractivity contribution >= 4 is 17.6 Å². The smallest absolute Gasteiger partial charge is 0.341 e. The first kappa shape index (κ1) is 21.8. The second-order valence-electron chi connectivity index (χ2n) is 7.65. The van der Waals surface area contributed by atoms with E-state index in [-0.39, 0.29) is 11.8 Å². The highest BCUT2D eigenvalue weighted by Gasteiger charge is 2.46. The topological polar surface area (TPSA) is 92.4 Å². The number of rotatable bonds is 8. The number of aromatic nitrogens is 2. The van der Waals surface area contributed by atoms with Crippen molar-refractivity contribution in [3.05, 3.63) is 83.4 Å². The van der Waals surface area contributed by atoms with Gasteiger partial charge in [0, 0.05) is 31.0 Å². The summed E-state index contributed by atoms with van der Waals surface area (Å²) in [6, 6.07) is 16.1. The molecule has 1 aliphatic rings. The minimum Gasteiger partial charge on any atom is -0.465 e. The first-order chi connectivity index (χ1) is 15.6. The number of ether oxygens (including phenoxy) is 1. The van der Waals surface area contributed by atoms with Crippen LogP contribution in [0.1, 0.15) is 34.0 Å². The Morgan fingerprint density at radius 2 is 2.06 bits per heavy atom. The lowest BCUT2D eigenvalue weighted by molar-refractivity contribution is 0.0599. The standard InChI is InChI=1S/C24H24ClN5O2/c1-27-14-22(29-26)19-11-20(19)23-21(24(31)32-2)13-28-30(23)18-8-4-7-17(10-18)16-6-3-5-15(9-16)12-25/h3-10,13-14,19-20,26-27H,11-12H2,1-2H3/b22-14-,29-26?/t19-,20-/m1/s1. The van der Waals surface area contributed by atoms with Gasteiger partial charge in [0.1, 0.15) is 5.56 Å². The van der Waals surface area contributed by atoms with Crippen molar-refractivity contribution in [1.29, 1.82) is 5.53 Å². The molecular weight excluding hydrogens is 426 g/mol. The molecule has 164 valence electrons. The fraction of sp³-hybridized carbons (Fsp3) is 0.250. The van der Waals surface area contributed by atoms with E-state index in [0.717, 1.165) is 34.5 Å². The van der Waals surface area contributed by atoms with Crippen molar-refractivity contribution in [3.8, 4) is 16.8 Å². The van der Waals surface area contributed by atoms with Crippen LogP contribution in [-0.4, -0.2) is 29.9 Å². The van der Waals surface area contributed by atoms with Crippen molar-refractivity contribution in [2.45, 2.75) is 18.2 Å². The maximum atomic E-state index is 12.5. The van der Waals surface area contributed by atoms with E-state index in [9.17, 15) is 4.79 Å². The second kappa shape index (κ2) is 9.36. The van der Waals surface area contributed by atoms with E-state index in [1.54, 1.807) is 24.1 Å². The third-order valence-corrected chi connectivity index (χ3v) is 5.97. The summed E-state index contributed by atoms with van der Waals surface area (Å²) in [4.78, 5) is 12.5.